The van der Waals surface area contributed by atoms with Gasteiger partial charge in [-0.2, -0.15) is 0 Å². The second-order valence-electron chi connectivity index (χ2n) is 7.61. The number of ether oxygens (including phenoxy) is 1. The summed E-state index contributed by atoms with van der Waals surface area (Å²) in [5, 5.41) is 8.65. The highest BCUT2D eigenvalue weighted by Gasteiger charge is 2.23. The zero-order valence-electron chi connectivity index (χ0n) is 17.0. The fourth-order valence-corrected chi connectivity index (χ4v) is 3.40. The predicted octanol–water partition coefficient (Wildman–Crippen LogP) is 4.79. The van der Waals surface area contributed by atoms with E-state index in [2.05, 4.69) is 25.6 Å². The summed E-state index contributed by atoms with van der Waals surface area (Å²) in [6.07, 6.45) is 1.83. The molecule has 0 bridgehead atoms. The topological polar surface area (TPSA) is 89.0 Å². The minimum atomic E-state index is -0.571. The van der Waals surface area contributed by atoms with Crippen molar-refractivity contribution in [2.45, 2.75) is 45.8 Å². The van der Waals surface area contributed by atoms with Crippen LogP contribution in [-0.4, -0.2) is 26.6 Å². The van der Waals surface area contributed by atoms with Gasteiger partial charge in [0, 0.05) is 17.3 Å². The Kier molecular flexibility index (Phi) is 6.43. The molecule has 1 atom stereocenters. The van der Waals surface area contributed by atoms with E-state index in [4.69, 9.17) is 4.74 Å². The molecule has 0 saturated carbocycles. The molecule has 0 unspecified atom stereocenters. The molecule has 152 valence electrons. The quantitative estimate of drug-likeness (QED) is 0.606. The minimum absolute atomic E-state index is 0.322. The molecule has 0 aliphatic carbocycles. The number of nitrogens with zero attached hydrogens (tertiary/aromatic N) is 3. The van der Waals surface area contributed by atoms with Gasteiger partial charge in [0.25, 0.3) is 0 Å². The minimum Gasteiger partial charge on any atom is -0.444 e. The first kappa shape index (κ1) is 20.7. The summed E-state index contributed by atoms with van der Waals surface area (Å²) in [5.41, 5.74) is 2.14. The molecule has 29 heavy (non-hydrogen) atoms. The van der Waals surface area contributed by atoms with Crippen LogP contribution >= 0.6 is 11.3 Å². The van der Waals surface area contributed by atoms with Crippen molar-refractivity contribution >= 4 is 28.5 Å². The molecule has 0 spiro atoms. The molecule has 8 heteroatoms. The van der Waals surface area contributed by atoms with Crippen molar-refractivity contribution in [3.05, 3.63) is 64.9 Å². The smallest absolute Gasteiger partial charge is 0.408 e. The molecule has 1 amide bonds. The summed E-state index contributed by atoms with van der Waals surface area (Å²) in [7, 11) is 0. The van der Waals surface area contributed by atoms with Gasteiger partial charge >= 0.3 is 6.09 Å². The first-order valence-corrected chi connectivity index (χ1v) is 10.2. The van der Waals surface area contributed by atoms with E-state index in [0.29, 0.717) is 17.5 Å². The fourth-order valence-electron chi connectivity index (χ4n) is 2.64. The standard InChI is InChI=1S/C21H25N5O2S/c1-14-10-11-22-18(23-14)26-19-24-17(13-29-19)16(12-15-8-6-5-7-9-15)25-20(27)28-21(2,3)4/h5-11,13,16H,12H2,1-4H3,(H,25,27)(H,22,23,24,26)/t16-/m0/s1. The third-order valence-corrected chi connectivity index (χ3v) is 4.64. The van der Waals surface area contributed by atoms with Gasteiger partial charge < -0.3 is 15.4 Å². The molecule has 0 aliphatic heterocycles. The predicted molar refractivity (Wildman–Crippen MR) is 114 cm³/mol. The zero-order valence-corrected chi connectivity index (χ0v) is 17.8. The van der Waals surface area contributed by atoms with Gasteiger partial charge in [-0.1, -0.05) is 30.3 Å². The molecule has 0 saturated heterocycles. The van der Waals surface area contributed by atoms with Crippen LogP contribution in [0.3, 0.4) is 0 Å². The summed E-state index contributed by atoms with van der Waals surface area (Å²) in [4.78, 5) is 25.5. The Morgan fingerprint density at radius 2 is 1.93 bits per heavy atom. The van der Waals surface area contributed by atoms with Gasteiger partial charge in [-0.3, -0.25) is 0 Å². The Bertz CT molecular complexity index is 953. The lowest BCUT2D eigenvalue weighted by Crippen LogP contribution is -2.35. The van der Waals surface area contributed by atoms with E-state index in [9.17, 15) is 4.79 Å². The van der Waals surface area contributed by atoms with Crippen molar-refractivity contribution in [3.63, 3.8) is 0 Å². The van der Waals surface area contributed by atoms with Crippen LogP contribution in [0.15, 0.2) is 48.0 Å². The number of benzene rings is 1. The van der Waals surface area contributed by atoms with Gasteiger partial charge in [-0.05, 0) is 45.7 Å². The Labute approximate surface area is 174 Å². The monoisotopic (exact) mass is 411 g/mol. The molecule has 1 aromatic carbocycles. The number of anilines is 2. The number of amides is 1. The molecular weight excluding hydrogens is 386 g/mol. The van der Waals surface area contributed by atoms with Crippen LogP contribution in [0, 0.1) is 6.92 Å². The lowest BCUT2D eigenvalue weighted by Gasteiger charge is -2.23. The van der Waals surface area contributed by atoms with E-state index in [-0.39, 0.29) is 6.04 Å². The molecule has 0 radical (unpaired) electrons. The number of rotatable bonds is 6. The molecule has 3 aromatic rings. The summed E-state index contributed by atoms with van der Waals surface area (Å²) >= 11 is 1.44. The van der Waals surface area contributed by atoms with Crippen molar-refractivity contribution in [1.82, 2.24) is 20.3 Å². The maximum absolute atomic E-state index is 12.4. The second-order valence-corrected chi connectivity index (χ2v) is 8.47. The van der Waals surface area contributed by atoms with E-state index in [1.807, 2.05) is 69.5 Å². The van der Waals surface area contributed by atoms with E-state index in [0.717, 1.165) is 17.0 Å². The Morgan fingerprint density at radius 3 is 2.62 bits per heavy atom. The summed E-state index contributed by atoms with van der Waals surface area (Å²) < 4.78 is 5.43. The number of hydrogen-bond acceptors (Lipinski definition) is 7. The molecule has 7 nitrogen and oxygen atoms in total. The largest absolute Gasteiger partial charge is 0.444 e. The van der Waals surface area contributed by atoms with Crippen molar-refractivity contribution in [2.75, 3.05) is 5.32 Å². The lowest BCUT2D eigenvalue weighted by molar-refractivity contribution is 0.0502. The molecule has 0 aliphatic rings. The van der Waals surface area contributed by atoms with Crippen LogP contribution in [0.5, 0.6) is 0 Å². The third-order valence-electron chi connectivity index (χ3n) is 3.87. The highest BCUT2D eigenvalue weighted by Crippen LogP contribution is 2.25. The number of thiazole rings is 1. The van der Waals surface area contributed by atoms with Crippen LogP contribution in [-0.2, 0) is 11.2 Å². The van der Waals surface area contributed by atoms with Gasteiger partial charge in [0.2, 0.25) is 5.95 Å². The highest BCUT2D eigenvalue weighted by atomic mass is 32.1. The molecule has 2 aromatic heterocycles. The van der Waals surface area contributed by atoms with Crippen LogP contribution in [0.2, 0.25) is 0 Å². The SMILES string of the molecule is Cc1ccnc(Nc2nc([C@H](Cc3ccccc3)NC(=O)OC(C)(C)C)cs2)n1. The molecular formula is C21H25N5O2S. The van der Waals surface area contributed by atoms with E-state index >= 15 is 0 Å². The second kappa shape index (κ2) is 9.00. The van der Waals surface area contributed by atoms with Crippen LogP contribution in [0.1, 0.15) is 43.8 Å². The van der Waals surface area contributed by atoms with Crippen LogP contribution in [0.4, 0.5) is 15.9 Å². The number of alkyl carbamates (subject to hydrolysis) is 1. The van der Waals surface area contributed by atoms with Crippen LogP contribution in [0.25, 0.3) is 0 Å². The van der Waals surface area contributed by atoms with E-state index in [1.165, 1.54) is 11.3 Å². The maximum Gasteiger partial charge on any atom is 0.408 e. The number of hydrogen-bond donors (Lipinski definition) is 2. The summed E-state index contributed by atoms with van der Waals surface area (Å²) in [5.74, 6) is 0.491. The molecule has 3 rings (SSSR count). The Hall–Kier alpha value is -3.00. The number of carbonyl (C=O) groups is 1. The molecule has 0 fully saturated rings. The average molecular weight is 412 g/mol. The van der Waals surface area contributed by atoms with Crippen molar-refractivity contribution in [2.24, 2.45) is 0 Å². The summed E-state index contributed by atoms with van der Waals surface area (Å²) in [6.45, 7) is 7.42. The van der Waals surface area contributed by atoms with Crippen molar-refractivity contribution in [1.29, 1.82) is 0 Å². The first-order chi connectivity index (χ1) is 13.8. The Morgan fingerprint density at radius 1 is 1.17 bits per heavy atom. The van der Waals surface area contributed by atoms with Gasteiger partial charge in [-0.25, -0.2) is 19.7 Å². The highest BCUT2D eigenvalue weighted by molar-refractivity contribution is 7.13. The fraction of sp³-hybridized carbons (Fsp3) is 0.333. The third kappa shape index (κ3) is 6.53. The average Bonchev–Trinajstić information content (AvgIpc) is 3.09. The van der Waals surface area contributed by atoms with Crippen molar-refractivity contribution < 1.29 is 9.53 Å². The van der Waals surface area contributed by atoms with Gasteiger partial charge in [0.1, 0.15) is 5.60 Å². The van der Waals surface area contributed by atoms with Gasteiger partial charge in [-0.15, -0.1) is 11.3 Å². The van der Waals surface area contributed by atoms with Gasteiger partial charge in [0.05, 0.1) is 11.7 Å². The Balaban J connectivity index is 1.78. The normalized spacial score (nSPS) is 12.3. The van der Waals surface area contributed by atoms with Gasteiger partial charge in [0.15, 0.2) is 5.13 Å². The maximum atomic E-state index is 12.4. The lowest BCUT2D eigenvalue weighted by atomic mass is 10.0. The zero-order chi connectivity index (χ0) is 20.9. The summed E-state index contributed by atoms with van der Waals surface area (Å²) in [6, 6.07) is 11.5. The number of nitrogens with one attached hydrogen (secondary N) is 2. The number of aromatic nitrogens is 3. The molecule has 2 heterocycles. The van der Waals surface area contributed by atoms with E-state index < -0.39 is 11.7 Å². The first-order valence-electron chi connectivity index (χ1n) is 9.34. The van der Waals surface area contributed by atoms with E-state index in [1.54, 1.807) is 6.20 Å². The number of aryl methyl sites for hydroxylation is 1. The van der Waals surface area contributed by atoms with Crippen LogP contribution < -0.4 is 10.6 Å². The van der Waals surface area contributed by atoms with Crippen molar-refractivity contribution in [3.8, 4) is 0 Å². The molecule has 2 N–H and O–H groups in total. The number of carbonyl (C=O) groups excluding carboxylic acids is 1.